The van der Waals surface area contributed by atoms with E-state index in [-0.39, 0.29) is 6.61 Å². The van der Waals surface area contributed by atoms with Gasteiger partial charge in [0.15, 0.2) is 11.7 Å². The topological polar surface area (TPSA) is 115 Å². The van der Waals surface area contributed by atoms with Crippen LogP contribution in [-0.2, 0) is 9.53 Å². The van der Waals surface area contributed by atoms with Crippen LogP contribution in [0.25, 0.3) is 10.2 Å². The lowest BCUT2D eigenvalue weighted by molar-refractivity contribution is -0.123. The number of hydrogen-bond acceptors (Lipinski definition) is 8. The number of carbonyl (C=O) groups is 2. The van der Waals surface area contributed by atoms with E-state index in [0.29, 0.717) is 22.2 Å². The first-order valence-electron chi connectivity index (χ1n) is 7.38. The molecule has 0 atom stereocenters. The number of nitrogens with one attached hydrogen (secondary N) is 2. The summed E-state index contributed by atoms with van der Waals surface area (Å²) >= 11 is 1.26. The lowest BCUT2D eigenvalue weighted by atomic mass is 10.3. The molecule has 0 fully saturated rings. The molecule has 26 heavy (non-hydrogen) atoms. The van der Waals surface area contributed by atoms with Crippen LogP contribution in [0.2, 0.25) is 0 Å². The molecule has 0 aliphatic heterocycles. The third kappa shape index (κ3) is 4.57. The molecule has 0 unspecified atom stereocenters. The van der Waals surface area contributed by atoms with Crippen molar-refractivity contribution in [3.05, 3.63) is 42.4 Å². The molecule has 2 amide bonds. The Morgan fingerprint density at radius 2 is 2.27 bits per heavy atom. The van der Waals surface area contributed by atoms with Crippen molar-refractivity contribution in [2.45, 2.75) is 0 Å². The molecule has 10 heteroatoms. The number of hydrazone groups is 1. The third-order valence-electron chi connectivity index (χ3n) is 3.05. The van der Waals surface area contributed by atoms with E-state index < -0.39 is 12.0 Å². The van der Waals surface area contributed by atoms with E-state index in [4.69, 9.17) is 9.15 Å². The van der Waals surface area contributed by atoms with E-state index in [1.54, 1.807) is 30.3 Å². The molecular weight excluding hydrogens is 360 g/mol. The van der Waals surface area contributed by atoms with Crippen LogP contribution in [0.4, 0.5) is 9.93 Å². The highest BCUT2D eigenvalue weighted by Crippen LogP contribution is 2.29. The van der Waals surface area contributed by atoms with Crippen LogP contribution in [0.15, 0.2) is 46.1 Å². The summed E-state index contributed by atoms with van der Waals surface area (Å²) in [4.78, 5) is 27.2. The summed E-state index contributed by atoms with van der Waals surface area (Å²) in [6.45, 7) is -0.201. The molecule has 2 aromatic heterocycles. The molecule has 3 rings (SSSR count). The molecule has 9 nitrogen and oxygen atoms in total. The fourth-order valence-corrected chi connectivity index (χ4v) is 2.78. The minimum absolute atomic E-state index is 0.201. The van der Waals surface area contributed by atoms with Gasteiger partial charge in [0, 0.05) is 0 Å². The fourth-order valence-electron chi connectivity index (χ4n) is 1.90. The van der Waals surface area contributed by atoms with Crippen molar-refractivity contribution >= 4 is 44.9 Å². The molecule has 2 N–H and O–H groups in total. The lowest BCUT2D eigenvalue weighted by Gasteiger charge is -2.04. The number of nitrogens with zero attached hydrogens (tertiary/aromatic N) is 2. The van der Waals surface area contributed by atoms with Crippen molar-refractivity contribution in [3.63, 3.8) is 0 Å². The quantitative estimate of drug-likeness (QED) is 0.506. The smallest absolute Gasteiger partial charge is 0.413 e. The monoisotopic (exact) mass is 374 g/mol. The van der Waals surface area contributed by atoms with Gasteiger partial charge in [-0.15, -0.1) is 0 Å². The maximum atomic E-state index is 11.7. The Morgan fingerprint density at radius 1 is 1.38 bits per heavy atom. The lowest BCUT2D eigenvalue weighted by Crippen LogP contribution is -2.24. The van der Waals surface area contributed by atoms with Crippen LogP contribution in [0.3, 0.4) is 0 Å². The molecule has 134 valence electrons. The molecule has 0 saturated carbocycles. The Balaban J connectivity index is 1.55. The van der Waals surface area contributed by atoms with Gasteiger partial charge in [-0.05, 0) is 30.3 Å². The highest BCUT2D eigenvalue weighted by atomic mass is 32.1. The average molecular weight is 374 g/mol. The highest BCUT2D eigenvalue weighted by Gasteiger charge is 2.09. The molecule has 3 aromatic rings. The fraction of sp³-hybridized carbons (Fsp3) is 0.125. The van der Waals surface area contributed by atoms with Gasteiger partial charge >= 0.3 is 6.09 Å². The predicted molar refractivity (Wildman–Crippen MR) is 95.6 cm³/mol. The van der Waals surface area contributed by atoms with Crippen molar-refractivity contribution in [1.29, 1.82) is 0 Å². The van der Waals surface area contributed by atoms with Gasteiger partial charge in [0.1, 0.15) is 11.5 Å². The van der Waals surface area contributed by atoms with E-state index in [9.17, 15) is 9.59 Å². The zero-order valence-corrected chi connectivity index (χ0v) is 14.4. The number of rotatable bonds is 6. The van der Waals surface area contributed by atoms with E-state index >= 15 is 0 Å². The zero-order valence-electron chi connectivity index (χ0n) is 13.6. The number of methoxy groups -OCH3 is 1. The summed E-state index contributed by atoms with van der Waals surface area (Å²) in [5, 5.41) is 6.67. The SMILES string of the molecule is COC(=O)Nc1nc2ccc(OCC(=O)N/N=C/c3ccco3)cc2s1. The maximum Gasteiger partial charge on any atom is 0.413 e. The van der Waals surface area contributed by atoms with Gasteiger partial charge in [-0.1, -0.05) is 11.3 Å². The minimum Gasteiger partial charge on any atom is -0.484 e. The highest BCUT2D eigenvalue weighted by molar-refractivity contribution is 7.22. The van der Waals surface area contributed by atoms with Gasteiger partial charge in [-0.25, -0.2) is 15.2 Å². The van der Waals surface area contributed by atoms with Crippen molar-refractivity contribution in [3.8, 4) is 5.75 Å². The summed E-state index contributed by atoms with van der Waals surface area (Å²) in [6.07, 6.45) is 2.30. The molecule has 2 heterocycles. The second kappa shape index (κ2) is 8.12. The molecule has 0 radical (unpaired) electrons. The Labute approximate surface area is 151 Å². The minimum atomic E-state index is -0.590. The number of thiazole rings is 1. The van der Waals surface area contributed by atoms with Gasteiger partial charge in [-0.3, -0.25) is 10.1 Å². The number of aromatic nitrogens is 1. The Bertz CT molecular complexity index is 935. The van der Waals surface area contributed by atoms with E-state index in [1.807, 2.05) is 0 Å². The van der Waals surface area contributed by atoms with Gasteiger partial charge in [0.25, 0.3) is 5.91 Å². The molecular formula is C16H14N4O5S. The van der Waals surface area contributed by atoms with Crippen molar-refractivity contribution in [1.82, 2.24) is 10.4 Å². The summed E-state index contributed by atoms with van der Waals surface area (Å²) in [6, 6.07) is 8.57. The molecule has 0 saturated heterocycles. The number of anilines is 1. The van der Waals surface area contributed by atoms with E-state index in [2.05, 4.69) is 25.6 Å². The van der Waals surface area contributed by atoms with E-state index in [0.717, 1.165) is 4.70 Å². The predicted octanol–water partition coefficient (Wildman–Crippen LogP) is 2.60. The first-order valence-corrected chi connectivity index (χ1v) is 8.19. The van der Waals surface area contributed by atoms with Crippen molar-refractivity contribution in [2.24, 2.45) is 5.10 Å². The van der Waals surface area contributed by atoms with Crippen LogP contribution >= 0.6 is 11.3 Å². The molecule has 0 bridgehead atoms. The molecule has 0 aliphatic rings. The first kappa shape index (κ1) is 17.4. The number of carbonyl (C=O) groups excluding carboxylic acids is 2. The second-order valence-corrected chi connectivity index (χ2v) is 5.89. The number of ether oxygens (including phenoxy) is 2. The largest absolute Gasteiger partial charge is 0.484 e. The van der Waals surface area contributed by atoms with Gasteiger partial charge < -0.3 is 13.9 Å². The van der Waals surface area contributed by atoms with Crippen LogP contribution in [0.5, 0.6) is 5.75 Å². The average Bonchev–Trinajstić information content (AvgIpc) is 3.28. The van der Waals surface area contributed by atoms with Crippen LogP contribution < -0.4 is 15.5 Å². The van der Waals surface area contributed by atoms with Gasteiger partial charge in [0.2, 0.25) is 0 Å². The third-order valence-corrected chi connectivity index (χ3v) is 3.98. The summed E-state index contributed by atoms with van der Waals surface area (Å²) in [5.74, 6) is 0.611. The van der Waals surface area contributed by atoms with E-state index in [1.165, 1.54) is 30.9 Å². The standard InChI is InChI=1S/C16H14N4O5S/c1-23-16(22)19-15-18-12-5-4-10(7-13(12)26-15)25-9-14(21)20-17-8-11-3-2-6-24-11/h2-8H,9H2,1H3,(H,20,21)(H,18,19,22)/b17-8+. The first-order chi connectivity index (χ1) is 12.6. The maximum absolute atomic E-state index is 11.7. The number of benzene rings is 1. The van der Waals surface area contributed by atoms with Crippen LogP contribution in [0, 0.1) is 0 Å². The Morgan fingerprint density at radius 3 is 3.04 bits per heavy atom. The summed E-state index contributed by atoms with van der Waals surface area (Å²) < 4.78 is 15.8. The number of amides is 2. The van der Waals surface area contributed by atoms with Gasteiger partial charge in [-0.2, -0.15) is 5.10 Å². The Hall–Kier alpha value is -3.40. The van der Waals surface area contributed by atoms with Crippen molar-refractivity contribution in [2.75, 3.05) is 19.0 Å². The molecule has 1 aromatic carbocycles. The number of furan rings is 1. The molecule has 0 spiro atoms. The zero-order chi connectivity index (χ0) is 18.4. The van der Waals surface area contributed by atoms with Crippen molar-refractivity contribution < 1.29 is 23.5 Å². The van der Waals surface area contributed by atoms with Crippen LogP contribution in [0.1, 0.15) is 5.76 Å². The normalized spacial score (nSPS) is 10.8. The molecule has 0 aliphatic carbocycles. The van der Waals surface area contributed by atoms with Crippen LogP contribution in [-0.4, -0.2) is 36.9 Å². The number of fused-ring (bicyclic) bond motifs is 1. The number of hydrogen-bond donors (Lipinski definition) is 2. The summed E-state index contributed by atoms with van der Waals surface area (Å²) in [7, 11) is 1.28. The van der Waals surface area contributed by atoms with Gasteiger partial charge in [0.05, 0.1) is 29.8 Å². The summed E-state index contributed by atoms with van der Waals surface area (Å²) in [5.41, 5.74) is 3.03. The second-order valence-electron chi connectivity index (χ2n) is 4.86. The Kier molecular flexibility index (Phi) is 5.44.